The van der Waals surface area contributed by atoms with Crippen LogP contribution in [0.4, 0.5) is 5.69 Å². The Labute approximate surface area is 101 Å². The molecule has 1 rings (SSSR count). The zero-order valence-corrected chi connectivity index (χ0v) is 10.6. The van der Waals surface area contributed by atoms with Crippen LogP contribution in [0.15, 0.2) is 18.3 Å². The fourth-order valence-corrected chi connectivity index (χ4v) is 1.88. The van der Waals surface area contributed by atoms with E-state index in [0.717, 1.165) is 0 Å². The summed E-state index contributed by atoms with van der Waals surface area (Å²) < 4.78 is 30.7. The number of nitrogens with one attached hydrogen (secondary N) is 1. The molecule has 17 heavy (non-hydrogen) atoms. The van der Waals surface area contributed by atoms with Gasteiger partial charge >= 0.3 is 0 Å². The summed E-state index contributed by atoms with van der Waals surface area (Å²) in [5, 5.41) is 7.94. The molecule has 1 aromatic heterocycles. The van der Waals surface area contributed by atoms with Crippen molar-refractivity contribution in [2.75, 3.05) is 17.9 Å². The quantitative estimate of drug-likeness (QED) is 0.782. The SMILES string of the molecule is CCOc1ccc(NS(=O)(=O)C(C)CO)cn1. The predicted molar refractivity (Wildman–Crippen MR) is 64.5 cm³/mol. The summed E-state index contributed by atoms with van der Waals surface area (Å²) >= 11 is 0. The molecular weight excluding hydrogens is 244 g/mol. The van der Waals surface area contributed by atoms with Gasteiger partial charge in [0.25, 0.3) is 0 Å². The van der Waals surface area contributed by atoms with Crippen LogP contribution >= 0.6 is 0 Å². The summed E-state index contributed by atoms with van der Waals surface area (Å²) in [6, 6.07) is 3.13. The Morgan fingerprint density at radius 3 is 2.71 bits per heavy atom. The first kappa shape index (κ1) is 13.7. The highest BCUT2D eigenvalue weighted by atomic mass is 32.2. The fourth-order valence-electron chi connectivity index (χ4n) is 1.04. The number of hydrogen-bond acceptors (Lipinski definition) is 5. The highest BCUT2D eigenvalue weighted by Gasteiger charge is 2.19. The molecule has 1 unspecified atom stereocenters. The molecule has 7 heteroatoms. The summed E-state index contributed by atoms with van der Waals surface area (Å²) in [7, 11) is -3.57. The lowest BCUT2D eigenvalue weighted by molar-refractivity contribution is 0.296. The lowest BCUT2D eigenvalue weighted by Gasteiger charge is -2.12. The monoisotopic (exact) mass is 260 g/mol. The third-order valence-corrected chi connectivity index (χ3v) is 3.80. The second-order valence-corrected chi connectivity index (χ2v) is 5.56. The summed E-state index contributed by atoms with van der Waals surface area (Å²) in [4.78, 5) is 3.93. The van der Waals surface area contributed by atoms with Crippen molar-refractivity contribution >= 4 is 15.7 Å². The first-order valence-corrected chi connectivity index (χ1v) is 6.75. The van der Waals surface area contributed by atoms with Crippen molar-refractivity contribution in [1.29, 1.82) is 0 Å². The maximum absolute atomic E-state index is 11.6. The molecule has 1 aromatic rings. The molecular formula is C10H16N2O4S. The molecule has 96 valence electrons. The topological polar surface area (TPSA) is 88.5 Å². The highest BCUT2D eigenvalue weighted by Crippen LogP contribution is 2.14. The van der Waals surface area contributed by atoms with E-state index in [4.69, 9.17) is 9.84 Å². The van der Waals surface area contributed by atoms with Crippen molar-refractivity contribution in [3.63, 3.8) is 0 Å². The van der Waals surface area contributed by atoms with Crippen LogP contribution in [0.1, 0.15) is 13.8 Å². The van der Waals surface area contributed by atoms with Crippen LogP contribution < -0.4 is 9.46 Å². The van der Waals surface area contributed by atoms with Crippen molar-refractivity contribution in [3.05, 3.63) is 18.3 Å². The third kappa shape index (κ3) is 3.86. The van der Waals surface area contributed by atoms with Crippen molar-refractivity contribution in [1.82, 2.24) is 4.98 Å². The number of pyridine rings is 1. The molecule has 0 fully saturated rings. The van der Waals surface area contributed by atoms with Gasteiger partial charge in [0.05, 0.1) is 25.1 Å². The molecule has 1 atom stereocenters. The standard InChI is InChI=1S/C10H16N2O4S/c1-3-16-10-5-4-9(6-11-10)12-17(14,15)8(2)7-13/h4-6,8,12-13H,3,7H2,1-2H3. The Balaban J connectivity index is 2.75. The Kier molecular flexibility index (Phi) is 4.71. The lowest BCUT2D eigenvalue weighted by atomic mass is 10.4. The van der Waals surface area contributed by atoms with Crippen LogP contribution in [0.5, 0.6) is 5.88 Å². The predicted octanol–water partition coefficient (Wildman–Crippen LogP) is 0.603. The minimum Gasteiger partial charge on any atom is -0.478 e. The average Bonchev–Trinajstić information content (AvgIpc) is 2.30. The number of anilines is 1. The van der Waals surface area contributed by atoms with Crippen molar-refractivity contribution in [2.45, 2.75) is 19.1 Å². The summed E-state index contributed by atoms with van der Waals surface area (Å²) in [5.41, 5.74) is 0.341. The summed E-state index contributed by atoms with van der Waals surface area (Å²) in [6.07, 6.45) is 1.37. The first-order chi connectivity index (χ1) is 7.99. The van der Waals surface area contributed by atoms with Gasteiger partial charge in [0, 0.05) is 6.07 Å². The van der Waals surface area contributed by atoms with Gasteiger partial charge in [0.2, 0.25) is 15.9 Å². The van der Waals surface area contributed by atoms with E-state index in [2.05, 4.69) is 9.71 Å². The zero-order valence-electron chi connectivity index (χ0n) is 9.75. The average molecular weight is 260 g/mol. The van der Waals surface area contributed by atoms with Crippen LogP contribution in [0.25, 0.3) is 0 Å². The number of hydrogen-bond donors (Lipinski definition) is 2. The minimum atomic E-state index is -3.57. The van der Waals surface area contributed by atoms with Gasteiger partial charge in [-0.15, -0.1) is 0 Å². The summed E-state index contributed by atoms with van der Waals surface area (Å²) in [5.74, 6) is 0.436. The van der Waals surface area contributed by atoms with Crippen molar-refractivity contribution in [3.8, 4) is 5.88 Å². The Hall–Kier alpha value is -1.34. The van der Waals surface area contributed by atoms with E-state index in [1.807, 2.05) is 6.92 Å². The molecule has 2 N–H and O–H groups in total. The Morgan fingerprint density at radius 1 is 1.53 bits per heavy atom. The Morgan fingerprint density at radius 2 is 2.24 bits per heavy atom. The molecule has 6 nitrogen and oxygen atoms in total. The normalized spacial score (nSPS) is 13.1. The van der Waals surface area contributed by atoms with Crippen molar-refractivity contribution < 1.29 is 18.3 Å². The van der Waals surface area contributed by atoms with Crippen LogP contribution in [0.2, 0.25) is 0 Å². The van der Waals surface area contributed by atoms with Crippen LogP contribution in [-0.4, -0.2) is 37.0 Å². The molecule has 0 bridgehead atoms. The number of nitrogens with zero attached hydrogens (tertiary/aromatic N) is 1. The van der Waals surface area contributed by atoms with E-state index in [9.17, 15) is 8.42 Å². The van der Waals surface area contributed by atoms with Crippen LogP contribution in [0, 0.1) is 0 Å². The second kappa shape index (κ2) is 5.83. The first-order valence-electron chi connectivity index (χ1n) is 5.21. The molecule has 0 saturated carbocycles. The largest absolute Gasteiger partial charge is 0.478 e. The van der Waals surface area contributed by atoms with E-state index >= 15 is 0 Å². The van der Waals surface area contributed by atoms with Crippen molar-refractivity contribution in [2.24, 2.45) is 0 Å². The van der Waals surface area contributed by atoms with Gasteiger partial charge in [0.1, 0.15) is 5.25 Å². The van der Waals surface area contributed by atoms with Gasteiger partial charge in [-0.05, 0) is 19.9 Å². The molecule has 0 aliphatic heterocycles. The molecule has 0 amide bonds. The van der Waals surface area contributed by atoms with Gasteiger partial charge in [0.15, 0.2) is 0 Å². The van der Waals surface area contributed by atoms with E-state index in [1.54, 1.807) is 12.1 Å². The molecule has 0 aliphatic carbocycles. The van der Waals surface area contributed by atoms with Gasteiger partial charge in [-0.25, -0.2) is 13.4 Å². The second-order valence-electron chi connectivity index (χ2n) is 3.46. The third-order valence-electron chi connectivity index (χ3n) is 2.08. The molecule has 0 aromatic carbocycles. The number of ether oxygens (including phenoxy) is 1. The van der Waals surface area contributed by atoms with Crippen LogP contribution in [-0.2, 0) is 10.0 Å². The van der Waals surface area contributed by atoms with Gasteiger partial charge < -0.3 is 9.84 Å². The molecule has 0 aliphatic rings. The Bertz CT molecular complexity index is 444. The van der Waals surface area contributed by atoms with E-state index in [1.165, 1.54) is 13.1 Å². The zero-order chi connectivity index (χ0) is 12.9. The lowest BCUT2D eigenvalue weighted by Crippen LogP contribution is -2.28. The summed E-state index contributed by atoms with van der Waals surface area (Å²) in [6.45, 7) is 3.32. The molecule has 0 spiro atoms. The van der Waals surface area contributed by atoms with Crippen LogP contribution in [0.3, 0.4) is 0 Å². The number of aromatic nitrogens is 1. The minimum absolute atomic E-state index is 0.341. The number of aliphatic hydroxyl groups is 1. The number of rotatable bonds is 6. The maximum Gasteiger partial charge on any atom is 0.237 e. The fraction of sp³-hybridized carbons (Fsp3) is 0.500. The van der Waals surface area contributed by atoms with E-state index in [-0.39, 0.29) is 0 Å². The molecule has 1 heterocycles. The van der Waals surface area contributed by atoms with E-state index in [0.29, 0.717) is 18.2 Å². The molecule has 0 saturated heterocycles. The smallest absolute Gasteiger partial charge is 0.237 e. The number of aliphatic hydroxyl groups excluding tert-OH is 1. The van der Waals surface area contributed by atoms with Gasteiger partial charge in [-0.3, -0.25) is 4.72 Å². The van der Waals surface area contributed by atoms with Gasteiger partial charge in [-0.1, -0.05) is 0 Å². The number of sulfonamides is 1. The highest BCUT2D eigenvalue weighted by molar-refractivity contribution is 7.93. The van der Waals surface area contributed by atoms with E-state index < -0.39 is 21.9 Å². The van der Waals surface area contributed by atoms with Gasteiger partial charge in [-0.2, -0.15) is 0 Å². The maximum atomic E-state index is 11.6. The molecule has 0 radical (unpaired) electrons.